The molecule has 0 aliphatic rings. The van der Waals surface area contributed by atoms with Crippen molar-refractivity contribution in [2.75, 3.05) is 11.9 Å². The van der Waals surface area contributed by atoms with Crippen LogP contribution in [0, 0.1) is 22.5 Å². The van der Waals surface area contributed by atoms with Crippen LogP contribution in [0.3, 0.4) is 0 Å². The Labute approximate surface area is 101 Å². The summed E-state index contributed by atoms with van der Waals surface area (Å²) in [7, 11) is 0. The third-order valence-corrected chi connectivity index (χ3v) is 2.11. The van der Waals surface area contributed by atoms with Gasteiger partial charge >= 0.3 is 6.18 Å². The van der Waals surface area contributed by atoms with Crippen molar-refractivity contribution in [2.45, 2.75) is 12.6 Å². The molecule has 0 spiro atoms. The molecule has 0 fully saturated rings. The van der Waals surface area contributed by atoms with Gasteiger partial charge in [-0.25, -0.2) is 0 Å². The van der Waals surface area contributed by atoms with Gasteiger partial charge in [-0.15, -0.1) is 12.3 Å². The van der Waals surface area contributed by atoms with Crippen LogP contribution in [0.5, 0.6) is 0 Å². The van der Waals surface area contributed by atoms with Crippen molar-refractivity contribution >= 4 is 11.4 Å². The average molecular weight is 258 g/mol. The summed E-state index contributed by atoms with van der Waals surface area (Å²) >= 11 is 0. The molecule has 0 aliphatic carbocycles. The quantitative estimate of drug-likeness (QED) is 0.391. The number of nitro benzene ring substituents is 1. The number of benzene rings is 1. The van der Waals surface area contributed by atoms with Gasteiger partial charge in [-0.05, 0) is 12.1 Å². The van der Waals surface area contributed by atoms with Crippen LogP contribution in [0.25, 0.3) is 0 Å². The minimum absolute atomic E-state index is 0.0169. The fourth-order valence-electron chi connectivity index (χ4n) is 1.28. The molecule has 1 N–H and O–H groups in total. The number of rotatable bonds is 4. The van der Waals surface area contributed by atoms with E-state index in [0.717, 1.165) is 12.1 Å². The Kier molecular flexibility index (Phi) is 4.15. The number of terminal acetylenes is 1. The van der Waals surface area contributed by atoms with Gasteiger partial charge in [0.25, 0.3) is 5.69 Å². The smallest absolute Gasteiger partial charge is 0.379 e. The van der Waals surface area contributed by atoms with Gasteiger partial charge in [0.15, 0.2) is 0 Å². The van der Waals surface area contributed by atoms with Gasteiger partial charge in [0.05, 0.1) is 10.5 Å². The highest BCUT2D eigenvalue weighted by atomic mass is 19.4. The van der Waals surface area contributed by atoms with Crippen molar-refractivity contribution in [1.29, 1.82) is 0 Å². The van der Waals surface area contributed by atoms with Crippen molar-refractivity contribution in [3.05, 3.63) is 33.9 Å². The van der Waals surface area contributed by atoms with Crippen molar-refractivity contribution in [2.24, 2.45) is 0 Å². The maximum absolute atomic E-state index is 12.4. The first-order valence-corrected chi connectivity index (χ1v) is 4.89. The molecule has 1 rings (SSSR count). The van der Waals surface area contributed by atoms with E-state index in [2.05, 4.69) is 11.2 Å². The summed E-state index contributed by atoms with van der Waals surface area (Å²) in [6.45, 7) is 0.253. The monoisotopic (exact) mass is 258 g/mol. The van der Waals surface area contributed by atoms with E-state index in [-0.39, 0.29) is 12.2 Å². The first-order valence-electron chi connectivity index (χ1n) is 4.89. The van der Waals surface area contributed by atoms with Crippen LogP contribution >= 0.6 is 0 Å². The molecule has 0 amide bonds. The molecule has 0 aliphatic heterocycles. The molecule has 96 valence electrons. The van der Waals surface area contributed by atoms with E-state index < -0.39 is 22.4 Å². The number of hydrogen-bond donors (Lipinski definition) is 1. The van der Waals surface area contributed by atoms with Gasteiger partial charge in [-0.2, -0.15) is 13.2 Å². The maximum atomic E-state index is 12.4. The molecule has 7 heteroatoms. The third-order valence-electron chi connectivity index (χ3n) is 2.11. The zero-order valence-electron chi connectivity index (χ0n) is 9.12. The summed E-state index contributed by atoms with van der Waals surface area (Å²) in [6.07, 6.45) is 0.708. The first kappa shape index (κ1) is 13.8. The Morgan fingerprint density at radius 2 is 2.11 bits per heavy atom. The molecule has 1 aromatic carbocycles. The zero-order valence-corrected chi connectivity index (χ0v) is 9.12. The second kappa shape index (κ2) is 5.40. The summed E-state index contributed by atoms with van der Waals surface area (Å²) in [5.74, 6) is 2.31. The van der Waals surface area contributed by atoms with Gasteiger partial charge in [0.1, 0.15) is 5.69 Å². The van der Waals surface area contributed by atoms with Crippen LogP contribution in [-0.2, 0) is 6.18 Å². The van der Waals surface area contributed by atoms with E-state index in [4.69, 9.17) is 6.42 Å². The molecule has 0 radical (unpaired) electrons. The summed E-state index contributed by atoms with van der Waals surface area (Å²) in [6, 6.07) is 2.31. The molecular weight excluding hydrogens is 249 g/mol. The maximum Gasteiger partial charge on any atom is 0.416 e. The Morgan fingerprint density at radius 1 is 1.44 bits per heavy atom. The minimum Gasteiger partial charge on any atom is -0.379 e. The zero-order chi connectivity index (χ0) is 13.8. The predicted molar refractivity (Wildman–Crippen MR) is 60.0 cm³/mol. The summed E-state index contributed by atoms with van der Waals surface area (Å²) < 4.78 is 37.2. The molecule has 0 heterocycles. The topological polar surface area (TPSA) is 55.2 Å². The van der Waals surface area contributed by atoms with Gasteiger partial charge in [0, 0.05) is 19.0 Å². The van der Waals surface area contributed by atoms with Gasteiger partial charge in [-0.1, -0.05) is 0 Å². The molecule has 1 aromatic rings. The van der Waals surface area contributed by atoms with E-state index in [1.165, 1.54) is 0 Å². The first-order chi connectivity index (χ1) is 8.36. The number of nitrogens with one attached hydrogen (secondary N) is 1. The molecule has 4 nitrogen and oxygen atoms in total. The second-order valence-corrected chi connectivity index (χ2v) is 3.37. The van der Waals surface area contributed by atoms with Gasteiger partial charge in [-0.3, -0.25) is 10.1 Å². The lowest BCUT2D eigenvalue weighted by atomic mass is 10.1. The lowest BCUT2D eigenvalue weighted by Gasteiger charge is -2.09. The van der Waals surface area contributed by atoms with Crippen molar-refractivity contribution < 1.29 is 18.1 Å². The van der Waals surface area contributed by atoms with E-state index >= 15 is 0 Å². The normalized spacial score (nSPS) is 10.8. The van der Waals surface area contributed by atoms with Crippen LogP contribution in [0.1, 0.15) is 12.0 Å². The van der Waals surface area contributed by atoms with Crippen LogP contribution in [0.15, 0.2) is 18.2 Å². The van der Waals surface area contributed by atoms with E-state index in [0.29, 0.717) is 12.5 Å². The molecule has 0 saturated heterocycles. The molecule has 0 aromatic heterocycles. The highest BCUT2D eigenvalue weighted by Crippen LogP contribution is 2.34. The van der Waals surface area contributed by atoms with Crippen molar-refractivity contribution in [3.8, 4) is 12.3 Å². The van der Waals surface area contributed by atoms with Crippen molar-refractivity contribution in [3.63, 3.8) is 0 Å². The number of anilines is 1. The number of hydrogen-bond acceptors (Lipinski definition) is 3. The highest BCUT2D eigenvalue weighted by molar-refractivity contribution is 5.62. The second-order valence-electron chi connectivity index (χ2n) is 3.37. The lowest BCUT2D eigenvalue weighted by molar-refractivity contribution is -0.384. The van der Waals surface area contributed by atoms with Crippen LogP contribution < -0.4 is 5.32 Å². The molecule has 0 bridgehead atoms. The molecule has 0 atom stereocenters. The lowest BCUT2D eigenvalue weighted by Crippen LogP contribution is -2.08. The minimum atomic E-state index is -4.61. The molecular formula is C11H9F3N2O2. The molecule has 0 saturated carbocycles. The third kappa shape index (κ3) is 3.38. The Morgan fingerprint density at radius 3 is 2.61 bits per heavy atom. The fraction of sp³-hybridized carbons (Fsp3) is 0.273. The largest absolute Gasteiger partial charge is 0.416 e. The van der Waals surface area contributed by atoms with Crippen LogP contribution in [0.4, 0.5) is 24.5 Å². The Hall–Kier alpha value is -2.23. The van der Waals surface area contributed by atoms with Gasteiger partial charge in [0.2, 0.25) is 0 Å². The van der Waals surface area contributed by atoms with Gasteiger partial charge < -0.3 is 5.32 Å². The number of halogens is 3. The van der Waals surface area contributed by atoms with E-state index in [1.54, 1.807) is 0 Å². The number of nitro groups is 1. The van der Waals surface area contributed by atoms with E-state index in [1.807, 2.05) is 0 Å². The summed E-state index contributed by atoms with van der Waals surface area (Å²) in [5.41, 5.74) is -1.67. The number of nitrogens with zero attached hydrogens (tertiary/aromatic N) is 1. The fourth-order valence-corrected chi connectivity index (χ4v) is 1.28. The Balaban J connectivity index is 3.06. The van der Waals surface area contributed by atoms with Crippen LogP contribution in [-0.4, -0.2) is 11.5 Å². The summed E-state index contributed by atoms with van der Waals surface area (Å²) in [5, 5.41) is 13.3. The van der Waals surface area contributed by atoms with Crippen LogP contribution in [0.2, 0.25) is 0 Å². The number of alkyl halides is 3. The highest BCUT2D eigenvalue weighted by Gasteiger charge is 2.32. The Bertz CT molecular complexity index is 492. The molecule has 0 unspecified atom stereocenters. The SMILES string of the molecule is C#CCCNc1ccc(C(F)(F)F)cc1[N+](=O)[O-]. The molecule has 18 heavy (non-hydrogen) atoms. The summed E-state index contributed by atoms with van der Waals surface area (Å²) in [4.78, 5) is 9.82. The average Bonchev–Trinajstić information content (AvgIpc) is 2.28. The standard InChI is InChI=1S/C11H9F3N2O2/c1-2-3-6-15-9-5-4-8(11(12,13)14)7-10(9)16(17)18/h1,4-5,7,15H,3,6H2. The van der Waals surface area contributed by atoms with Crippen molar-refractivity contribution in [1.82, 2.24) is 0 Å². The van der Waals surface area contributed by atoms with E-state index in [9.17, 15) is 23.3 Å². The predicted octanol–water partition coefficient (Wildman–Crippen LogP) is 3.05.